The molecule has 0 unspecified atom stereocenters. The third-order valence-electron chi connectivity index (χ3n) is 4.24. The molecule has 24 heavy (non-hydrogen) atoms. The minimum atomic E-state index is -0.128. The summed E-state index contributed by atoms with van der Waals surface area (Å²) in [6.07, 6.45) is 1.39. The number of nitrogens with zero attached hydrogens (tertiary/aromatic N) is 2. The summed E-state index contributed by atoms with van der Waals surface area (Å²) >= 11 is 3.42. The molecule has 5 nitrogen and oxygen atoms in total. The van der Waals surface area contributed by atoms with Crippen LogP contribution in [0.2, 0.25) is 0 Å². The zero-order chi connectivity index (χ0) is 17.5. The van der Waals surface area contributed by atoms with Gasteiger partial charge in [-0.25, -0.2) is 0 Å². The van der Waals surface area contributed by atoms with Crippen LogP contribution in [-0.4, -0.2) is 55.0 Å². The number of carbonyl (C=O) groups excluding carboxylic acids is 2. The number of piperidine rings is 1. The van der Waals surface area contributed by atoms with Crippen LogP contribution in [0.4, 0.5) is 0 Å². The van der Waals surface area contributed by atoms with E-state index in [1.165, 1.54) is 5.56 Å². The second kappa shape index (κ2) is 9.18. The van der Waals surface area contributed by atoms with Crippen LogP contribution in [0.15, 0.2) is 28.7 Å². The topological polar surface area (TPSA) is 49.9 Å². The third-order valence-corrected chi connectivity index (χ3v) is 4.77. The number of hydrogen-bond donors (Lipinski definition) is 0. The van der Waals surface area contributed by atoms with Crippen LogP contribution in [0.25, 0.3) is 0 Å². The summed E-state index contributed by atoms with van der Waals surface area (Å²) in [6, 6.07) is 8.11. The second-order valence-corrected chi connectivity index (χ2v) is 7.12. The number of amides is 1. The van der Waals surface area contributed by atoms with Crippen LogP contribution in [-0.2, 0) is 20.9 Å². The summed E-state index contributed by atoms with van der Waals surface area (Å²) in [6.45, 7) is 4.62. The smallest absolute Gasteiger partial charge is 0.309 e. The van der Waals surface area contributed by atoms with Crippen LogP contribution in [0.1, 0.15) is 25.3 Å². The largest absolute Gasteiger partial charge is 0.466 e. The normalized spacial score (nSPS) is 15.6. The molecule has 0 saturated carbocycles. The predicted octanol–water partition coefficient (Wildman–Crippen LogP) is 2.68. The van der Waals surface area contributed by atoms with E-state index in [0.29, 0.717) is 39.1 Å². The Morgan fingerprint density at radius 2 is 1.88 bits per heavy atom. The van der Waals surface area contributed by atoms with Gasteiger partial charge in [0.2, 0.25) is 5.91 Å². The van der Waals surface area contributed by atoms with Gasteiger partial charge in [-0.3, -0.25) is 14.5 Å². The first-order valence-electron chi connectivity index (χ1n) is 8.37. The first-order chi connectivity index (χ1) is 11.5. The van der Waals surface area contributed by atoms with Gasteiger partial charge >= 0.3 is 5.97 Å². The number of esters is 1. The van der Waals surface area contributed by atoms with Gasteiger partial charge in [0.05, 0.1) is 19.1 Å². The van der Waals surface area contributed by atoms with E-state index in [9.17, 15) is 9.59 Å². The number of hydrogen-bond acceptors (Lipinski definition) is 4. The molecule has 1 aliphatic heterocycles. The van der Waals surface area contributed by atoms with Gasteiger partial charge in [-0.1, -0.05) is 28.1 Å². The summed E-state index contributed by atoms with van der Waals surface area (Å²) in [5.41, 5.74) is 1.18. The molecule has 0 spiro atoms. The van der Waals surface area contributed by atoms with Gasteiger partial charge < -0.3 is 9.64 Å². The average Bonchev–Trinajstić information content (AvgIpc) is 2.57. The highest BCUT2D eigenvalue weighted by molar-refractivity contribution is 9.10. The molecule has 0 radical (unpaired) electrons. The lowest BCUT2D eigenvalue weighted by molar-refractivity contribution is -0.151. The molecular formula is C18H25BrN2O3. The van der Waals surface area contributed by atoms with Gasteiger partial charge in [0.15, 0.2) is 0 Å². The van der Waals surface area contributed by atoms with E-state index in [1.54, 1.807) is 0 Å². The Labute approximate surface area is 152 Å². The van der Waals surface area contributed by atoms with Gasteiger partial charge in [-0.2, -0.15) is 0 Å². The highest BCUT2D eigenvalue weighted by Crippen LogP contribution is 2.19. The maximum atomic E-state index is 12.4. The number of likely N-dealkylation sites (N-methyl/N-ethyl adjacent to an activating group) is 1. The lowest BCUT2D eigenvalue weighted by Crippen LogP contribution is -2.44. The van der Waals surface area contributed by atoms with E-state index in [-0.39, 0.29) is 17.8 Å². The molecule has 2 rings (SSSR count). The maximum Gasteiger partial charge on any atom is 0.309 e. The van der Waals surface area contributed by atoms with Crippen molar-refractivity contribution in [3.05, 3.63) is 34.3 Å². The molecule has 1 heterocycles. The highest BCUT2D eigenvalue weighted by Gasteiger charge is 2.28. The van der Waals surface area contributed by atoms with Gasteiger partial charge in [-0.15, -0.1) is 0 Å². The Bertz CT molecular complexity index is 554. The zero-order valence-electron chi connectivity index (χ0n) is 14.3. The second-order valence-electron chi connectivity index (χ2n) is 6.21. The Morgan fingerprint density at radius 1 is 1.25 bits per heavy atom. The number of benzene rings is 1. The quantitative estimate of drug-likeness (QED) is 0.693. The van der Waals surface area contributed by atoms with Gasteiger partial charge in [-0.05, 0) is 44.5 Å². The minimum absolute atomic E-state index is 0.0607. The SMILES string of the molecule is CCOC(=O)C1CCN(C(=O)CN(C)Cc2ccc(Br)cc2)CC1. The Balaban J connectivity index is 1.76. The van der Waals surface area contributed by atoms with Crippen LogP contribution in [0.3, 0.4) is 0 Å². The van der Waals surface area contributed by atoms with Crippen molar-refractivity contribution in [2.75, 3.05) is 33.3 Å². The first-order valence-corrected chi connectivity index (χ1v) is 9.16. The highest BCUT2D eigenvalue weighted by atomic mass is 79.9. The molecule has 1 amide bonds. The van der Waals surface area contributed by atoms with Crippen molar-refractivity contribution in [1.29, 1.82) is 0 Å². The maximum absolute atomic E-state index is 12.4. The van der Waals surface area contributed by atoms with E-state index < -0.39 is 0 Å². The summed E-state index contributed by atoms with van der Waals surface area (Å²) < 4.78 is 6.11. The number of likely N-dealkylation sites (tertiary alicyclic amines) is 1. The molecule has 0 bridgehead atoms. The monoisotopic (exact) mass is 396 g/mol. The molecule has 1 saturated heterocycles. The molecule has 0 atom stereocenters. The Morgan fingerprint density at radius 3 is 2.46 bits per heavy atom. The lowest BCUT2D eigenvalue weighted by Gasteiger charge is -2.32. The van der Waals surface area contributed by atoms with E-state index in [2.05, 4.69) is 28.1 Å². The van der Waals surface area contributed by atoms with E-state index in [1.807, 2.05) is 35.9 Å². The van der Waals surface area contributed by atoms with Crippen molar-refractivity contribution >= 4 is 27.8 Å². The molecule has 132 valence electrons. The van der Waals surface area contributed by atoms with Gasteiger partial charge in [0, 0.05) is 24.1 Å². The third kappa shape index (κ3) is 5.60. The molecule has 1 aromatic rings. The van der Waals surface area contributed by atoms with Crippen molar-refractivity contribution < 1.29 is 14.3 Å². The summed E-state index contributed by atoms with van der Waals surface area (Å²) in [5, 5.41) is 0. The number of ether oxygens (including phenoxy) is 1. The summed E-state index contributed by atoms with van der Waals surface area (Å²) in [5.74, 6) is -0.0663. The molecular weight excluding hydrogens is 372 g/mol. The van der Waals surface area contributed by atoms with Gasteiger partial charge in [0.25, 0.3) is 0 Å². The first kappa shape index (κ1) is 18.9. The van der Waals surface area contributed by atoms with Crippen molar-refractivity contribution in [1.82, 2.24) is 9.80 Å². The summed E-state index contributed by atoms with van der Waals surface area (Å²) in [4.78, 5) is 28.0. The van der Waals surface area contributed by atoms with E-state index in [0.717, 1.165) is 11.0 Å². The molecule has 6 heteroatoms. The fourth-order valence-electron chi connectivity index (χ4n) is 2.91. The van der Waals surface area contributed by atoms with Crippen LogP contribution < -0.4 is 0 Å². The standard InChI is InChI=1S/C18H25BrN2O3/c1-3-24-18(23)15-8-10-21(11-9-15)17(22)13-20(2)12-14-4-6-16(19)7-5-14/h4-7,15H,3,8-13H2,1-2H3. The number of carbonyl (C=O) groups is 2. The van der Waals surface area contributed by atoms with Crippen molar-refractivity contribution in [3.63, 3.8) is 0 Å². The fourth-order valence-corrected chi connectivity index (χ4v) is 3.18. The van der Waals surface area contributed by atoms with E-state index in [4.69, 9.17) is 4.74 Å². The number of halogens is 1. The predicted molar refractivity (Wildman–Crippen MR) is 96.4 cm³/mol. The molecule has 0 N–H and O–H groups in total. The Hall–Kier alpha value is -1.40. The van der Waals surface area contributed by atoms with Gasteiger partial charge in [0.1, 0.15) is 0 Å². The Kier molecular flexibility index (Phi) is 7.24. The lowest BCUT2D eigenvalue weighted by atomic mass is 9.97. The fraction of sp³-hybridized carbons (Fsp3) is 0.556. The minimum Gasteiger partial charge on any atom is -0.466 e. The van der Waals surface area contributed by atoms with Crippen LogP contribution in [0, 0.1) is 5.92 Å². The molecule has 1 aromatic carbocycles. The van der Waals surface area contributed by atoms with Crippen LogP contribution in [0.5, 0.6) is 0 Å². The molecule has 0 aliphatic carbocycles. The van der Waals surface area contributed by atoms with E-state index >= 15 is 0 Å². The molecule has 0 aromatic heterocycles. The average molecular weight is 397 g/mol. The molecule has 1 fully saturated rings. The van der Waals surface area contributed by atoms with Crippen molar-refractivity contribution in [2.45, 2.75) is 26.3 Å². The van der Waals surface area contributed by atoms with Crippen molar-refractivity contribution in [3.8, 4) is 0 Å². The molecule has 1 aliphatic rings. The number of rotatable bonds is 6. The summed E-state index contributed by atoms with van der Waals surface area (Å²) in [7, 11) is 1.95. The van der Waals surface area contributed by atoms with Crippen LogP contribution >= 0.6 is 15.9 Å². The van der Waals surface area contributed by atoms with Crippen molar-refractivity contribution in [2.24, 2.45) is 5.92 Å². The zero-order valence-corrected chi connectivity index (χ0v) is 15.9.